The van der Waals surface area contributed by atoms with Gasteiger partial charge in [-0.1, -0.05) is 20.8 Å². The van der Waals surface area contributed by atoms with Crippen LogP contribution in [0.5, 0.6) is 0 Å². The van der Waals surface area contributed by atoms with Crippen LogP contribution in [0.2, 0.25) is 0 Å². The van der Waals surface area contributed by atoms with E-state index < -0.39 is 6.03 Å². The van der Waals surface area contributed by atoms with Crippen LogP contribution in [0.4, 0.5) is 10.7 Å². The molecular weight excluding hydrogens is 246 g/mol. The Balaban J connectivity index is 2.29. The highest BCUT2D eigenvalue weighted by atomic mass is 16.2. The van der Waals surface area contributed by atoms with Crippen molar-refractivity contribution in [3.8, 4) is 0 Å². The van der Waals surface area contributed by atoms with Crippen LogP contribution in [0.15, 0.2) is 29.6 Å². The molecule has 0 bridgehead atoms. The number of nitrogens with zero attached hydrogens (tertiary/aromatic N) is 3. The topological polar surface area (TPSA) is 92.7 Å². The predicted molar refractivity (Wildman–Crippen MR) is 70.2 cm³/mol. The lowest BCUT2D eigenvalue weighted by Crippen LogP contribution is -2.25. The molecule has 0 radical (unpaired) electrons. The van der Waals surface area contributed by atoms with E-state index in [1.807, 2.05) is 20.8 Å². The Labute approximate surface area is 109 Å². The van der Waals surface area contributed by atoms with E-state index in [0.29, 0.717) is 5.69 Å². The standard InChI is InChI=1S/C12H15N5O2/c1-12(2,3)8-6-9(18)15-10(14-8)16-11(19)17-5-4-13-7-17/h4-7H,1-3H3,(H2,14,15,16,18,19). The minimum absolute atomic E-state index is 0.121. The van der Waals surface area contributed by atoms with Gasteiger partial charge in [0.25, 0.3) is 5.56 Å². The van der Waals surface area contributed by atoms with Crippen LogP contribution in [0.3, 0.4) is 0 Å². The molecule has 1 amide bonds. The monoisotopic (exact) mass is 261 g/mol. The summed E-state index contributed by atoms with van der Waals surface area (Å²) < 4.78 is 1.25. The summed E-state index contributed by atoms with van der Waals surface area (Å²) in [4.78, 5) is 33.8. The molecular formula is C12H15N5O2. The molecule has 0 saturated carbocycles. The maximum Gasteiger partial charge on any atom is 0.333 e. The Morgan fingerprint density at radius 3 is 2.74 bits per heavy atom. The van der Waals surface area contributed by atoms with Gasteiger partial charge in [-0.25, -0.2) is 14.8 Å². The van der Waals surface area contributed by atoms with Crippen molar-refractivity contribution in [1.29, 1.82) is 0 Å². The summed E-state index contributed by atoms with van der Waals surface area (Å²) in [5, 5.41) is 2.52. The molecule has 0 aliphatic heterocycles. The van der Waals surface area contributed by atoms with Gasteiger partial charge in [0.1, 0.15) is 6.33 Å². The average molecular weight is 261 g/mol. The molecule has 0 aromatic carbocycles. The molecule has 2 heterocycles. The van der Waals surface area contributed by atoms with E-state index in [-0.39, 0.29) is 16.9 Å². The third-order valence-electron chi connectivity index (χ3n) is 2.47. The number of anilines is 1. The first kappa shape index (κ1) is 13.0. The lowest BCUT2D eigenvalue weighted by atomic mass is 9.92. The zero-order chi connectivity index (χ0) is 14.0. The number of imidazole rings is 1. The third-order valence-corrected chi connectivity index (χ3v) is 2.47. The lowest BCUT2D eigenvalue weighted by Gasteiger charge is -2.17. The molecule has 2 rings (SSSR count). The Morgan fingerprint density at radius 1 is 1.42 bits per heavy atom. The molecule has 7 nitrogen and oxygen atoms in total. The van der Waals surface area contributed by atoms with Gasteiger partial charge in [0.2, 0.25) is 5.95 Å². The highest BCUT2D eigenvalue weighted by Crippen LogP contribution is 2.18. The van der Waals surface area contributed by atoms with Crippen LogP contribution in [0, 0.1) is 0 Å². The minimum Gasteiger partial charge on any atom is -0.292 e. The summed E-state index contributed by atoms with van der Waals surface area (Å²) in [6.45, 7) is 5.82. The first-order valence-electron chi connectivity index (χ1n) is 5.77. The van der Waals surface area contributed by atoms with Gasteiger partial charge >= 0.3 is 6.03 Å². The third kappa shape index (κ3) is 3.06. The van der Waals surface area contributed by atoms with E-state index in [4.69, 9.17) is 0 Å². The minimum atomic E-state index is -0.438. The van der Waals surface area contributed by atoms with Crippen molar-refractivity contribution in [1.82, 2.24) is 19.5 Å². The summed E-state index contributed by atoms with van der Waals surface area (Å²) in [5.74, 6) is 0.121. The lowest BCUT2D eigenvalue weighted by molar-refractivity contribution is 0.253. The quantitative estimate of drug-likeness (QED) is 0.810. The number of aromatic nitrogens is 4. The zero-order valence-electron chi connectivity index (χ0n) is 11.0. The summed E-state index contributed by atoms with van der Waals surface area (Å²) in [6.07, 6.45) is 4.35. The van der Waals surface area contributed by atoms with E-state index in [1.165, 1.54) is 29.4 Å². The van der Waals surface area contributed by atoms with Crippen LogP contribution < -0.4 is 10.9 Å². The Bertz CT molecular complexity index is 637. The van der Waals surface area contributed by atoms with Crippen LogP contribution >= 0.6 is 0 Å². The van der Waals surface area contributed by atoms with Gasteiger partial charge in [-0.05, 0) is 0 Å². The molecule has 0 atom stereocenters. The molecule has 0 saturated heterocycles. The van der Waals surface area contributed by atoms with Gasteiger partial charge in [0, 0.05) is 23.9 Å². The second-order valence-corrected chi connectivity index (χ2v) is 5.13. The SMILES string of the molecule is CC(C)(C)c1cc(=O)[nH]c(NC(=O)n2ccnc2)n1. The van der Waals surface area contributed by atoms with E-state index in [0.717, 1.165) is 0 Å². The molecule has 2 N–H and O–H groups in total. The van der Waals surface area contributed by atoms with Gasteiger partial charge in [0.15, 0.2) is 0 Å². The second kappa shape index (κ2) is 4.68. The summed E-state index contributed by atoms with van der Waals surface area (Å²) >= 11 is 0. The molecule has 2 aromatic rings. The molecule has 0 aliphatic rings. The van der Waals surface area contributed by atoms with Crippen molar-refractivity contribution in [3.05, 3.63) is 40.8 Å². The molecule has 100 valence electrons. The molecule has 7 heteroatoms. The Hall–Kier alpha value is -2.44. The zero-order valence-corrected chi connectivity index (χ0v) is 11.0. The second-order valence-electron chi connectivity index (χ2n) is 5.13. The highest BCUT2D eigenvalue weighted by Gasteiger charge is 2.17. The predicted octanol–water partition coefficient (Wildman–Crippen LogP) is 1.34. The molecule has 19 heavy (non-hydrogen) atoms. The van der Waals surface area contributed by atoms with E-state index in [9.17, 15) is 9.59 Å². The fourth-order valence-electron chi connectivity index (χ4n) is 1.45. The van der Waals surface area contributed by atoms with Gasteiger partial charge in [-0.15, -0.1) is 0 Å². The van der Waals surface area contributed by atoms with Crippen LogP contribution in [0.1, 0.15) is 26.5 Å². The van der Waals surface area contributed by atoms with E-state index in [2.05, 4.69) is 20.3 Å². The number of nitrogens with one attached hydrogen (secondary N) is 2. The molecule has 2 aromatic heterocycles. The van der Waals surface area contributed by atoms with Crippen molar-refractivity contribution in [2.24, 2.45) is 0 Å². The van der Waals surface area contributed by atoms with Crippen molar-refractivity contribution < 1.29 is 4.79 Å². The fraction of sp³-hybridized carbons (Fsp3) is 0.333. The number of carbonyl (C=O) groups is 1. The first-order chi connectivity index (χ1) is 8.86. The number of aromatic amines is 1. The number of rotatable bonds is 1. The van der Waals surface area contributed by atoms with E-state index in [1.54, 1.807) is 0 Å². The van der Waals surface area contributed by atoms with Gasteiger partial charge in [-0.3, -0.25) is 19.7 Å². The number of H-pyrrole nitrogens is 1. The molecule has 0 fully saturated rings. The normalized spacial score (nSPS) is 11.3. The Morgan fingerprint density at radius 2 is 2.16 bits per heavy atom. The first-order valence-corrected chi connectivity index (χ1v) is 5.77. The van der Waals surface area contributed by atoms with Crippen LogP contribution in [0.25, 0.3) is 0 Å². The van der Waals surface area contributed by atoms with Crippen LogP contribution in [-0.4, -0.2) is 25.6 Å². The van der Waals surface area contributed by atoms with Crippen molar-refractivity contribution in [2.75, 3.05) is 5.32 Å². The van der Waals surface area contributed by atoms with Crippen molar-refractivity contribution in [2.45, 2.75) is 26.2 Å². The highest BCUT2D eigenvalue weighted by molar-refractivity contribution is 5.89. The number of hydrogen-bond donors (Lipinski definition) is 2. The van der Waals surface area contributed by atoms with E-state index >= 15 is 0 Å². The Kier molecular flexibility index (Phi) is 3.20. The van der Waals surface area contributed by atoms with Gasteiger partial charge in [0.05, 0.1) is 5.69 Å². The summed E-state index contributed by atoms with van der Waals surface area (Å²) in [6, 6.07) is 0.985. The number of amides is 1. The van der Waals surface area contributed by atoms with Crippen molar-refractivity contribution >= 4 is 12.0 Å². The largest absolute Gasteiger partial charge is 0.333 e. The van der Waals surface area contributed by atoms with Gasteiger partial charge in [-0.2, -0.15) is 0 Å². The summed E-state index contributed by atoms with van der Waals surface area (Å²) in [7, 11) is 0. The smallest absolute Gasteiger partial charge is 0.292 e. The fourth-order valence-corrected chi connectivity index (χ4v) is 1.45. The summed E-state index contributed by atoms with van der Waals surface area (Å²) in [5.41, 5.74) is 0.0287. The number of carbonyl (C=O) groups excluding carboxylic acids is 1. The van der Waals surface area contributed by atoms with Crippen molar-refractivity contribution in [3.63, 3.8) is 0 Å². The molecule has 0 spiro atoms. The molecule has 0 aliphatic carbocycles. The molecule has 0 unspecified atom stereocenters. The van der Waals surface area contributed by atoms with Gasteiger partial charge < -0.3 is 0 Å². The number of hydrogen-bond acceptors (Lipinski definition) is 4. The average Bonchev–Trinajstić information content (AvgIpc) is 2.80. The van der Waals surface area contributed by atoms with Crippen LogP contribution in [-0.2, 0) is 5.41 Å². The maximum absolute atomic E-state index is 11.8. The maximum atomic E-state index is 11.8.